The smallest absolute Gasteiger partial charge is 0.121 e. The number of imidazole rings is 1. The molecule has 0 saturated carbocycles. The lowest BCUT2D eigenvalue weighted by Gasteiger charge is -2.10. The van der Waals surface area contributed by atoms with Gasteiger partial charge in [-0.05, 0) is 56.2 Å². The van der Waals surface area contributed by atoms with Gasteiger partial charge in [0.15, 0.2) is 0 Å². The van der Waals surface area contributed by atoms with Crippen LogP contribution in [0.15, 0.2) is 36.4 Å². The molecule has 0 aliphatic carbocycles. The van der Waals surface area contributed by atoms with Gasteiger partial charge in [-0.1, -0.05) is 6.07 Å². The lowest BCUT2D eigenvalue weighted by molar-refractivity contribution is 0.299. The number of rotatable bonds is 4. The van der Waals surface area contributed by atoms with Crippen LogP contribution in [0.5, 0.6) is 5.75 Å². The quantitative estimate of drug-likeness (QED) is 0.748. The number of hydrogen-bond acceptors (Lipinski definition) is 3. The molecule has 1 heterocycles. The number of aromatic nitrogens is 2. The molecule has 0 fully saturated rings. The molecule has 0 radical (unpaired) electrons. The fourth-order valence-electron chi connectivity index (χ4n) is 2.64. The van der Waals surface area contributed by atoms with Crippen molar-refractivity contribution in [3.8, 4) is 5.75 Å². The molecule has 0 aliphatic heterocycles. The van der Waals surface area contributed by atoms with Gasteiger partial charge < -0.3 is 15.0 Å². The average molecular weight is 295 g/mol. The third-order valence-corrected chi connectivity index (χ3v) is 4.00. The van der Waals surface area contributed by atoms with Gasteiger partial charge in [-0.15, -0.1) is 0 Å². The van der Waals surface area contributed by atoms with Crippen molar-refractivity contribution in [3.63, 3.8) is 0 Å². The van der Waals surface area contributed by atoms with E-state index in [0.29, 0.717) is 12.3 Å². The van der Waals surface area contributed by atoms with E-state index in [9.17, 15) is 0 Å². The summed E-state index contributed by atoms with van der Waals surface area (Å²) in [5.41, 5.74) is 11.2. The summed E-state index contributed by atoms with van der Waals surface area (Å²) < 4.78 is 7.99. The van der Waals surface area contributed by atoms with E-state index in [0.717, 1.165) is 29.2 Å². The first kappa shape index (κ1) is 14.4. The van der Waals surface area contributed by atoms with Crippen molar-refractivity contribution in [1.29, 1.82) is 0 Å². The van der Waals surface area contributed by atoms with E-state index < -0.39 is 0 Å². The van der Waals surface area contributed by atoms with E-state index in [2.05, 4.69) is 35.5 Å². The van der Waals surface area contributed by atoms with Crippen molar-refractivity contribution in [2.45, 2.75) is 27.3 Å². The molecule has 1 aromatic heterocycles. The van der Waals surface area contributed by atoms with Crippen LogP contribution in [0.2, 0.25) is 0 Å². The summed E-state index contributed by atoms with van der Waals surface area (Å²) in [6.45, 7) is 7.63. The molecule has 4 nitrogen and oxygen atoms in total. The van der Waals surface area contributed by atoms with Gasteiger partial charge in [0, 0.05) is 11.8 Å². The predicted octanol–water partition coefficient (Wildman–Crippen LogP) is 3.62. The molecule has 0 spiro atoms. The second kappa shape index (κ2) is 5.72. The van der Waals surface area contributed by atoms with E-state index >= 15 is 0 Å². The number of anilines is 1. The van der Waals surface area contributed by atoms with Crippen LogP contribution in [0.1, 0.15) is 17.0 Å². The van der Waals surface area contributed by atoms with Gasteiger partial charge in [0.05, 0.1) is 17.6 Å². The topological polar surface area (TPSA) is 53.1 Å². The fourth-order valence-corrected chi connectivity index (χ4v) is 2.64. The highest BCUT2D eigenvalue weighted by molar-refractivity contribution is 5.78. The summed E-state index contributed by atoms with van der Waals surface area (Å²) in [5.74, 6) is 1.81. The van der Waals surface area contributed by atoms with Gasteiger partial charge in [-0.3, -0.25) is 0 Å². The molecule has 22 heavy (non-hydrogen) atoms. The first-order valence-electron chi connectivity index (χ1n) is 7.47. The highest BCUT2D eigenvalue weighted by atomic mass is 16.5. The zero-order valence-corrected chi connectivity index (χ0v) is 13.3. The summed E-state index contributed by atoms with van der Waals surface area (Å²) in [6.07, 6.45) is 0. The zero-order chi connectivity index (χ0) is 15.7. The molecule has 3 rings (SSSR count). The number of ether oxygens (including phenoxy) is 1. The molecule has 4 heteroatoms. The number of fused-ring (bicyclic) bond motifs is 1. The normalized spacial score (nSPS) is 11.0. The monoisotopic (exact) mass is 295 g/mol. The number of hydrogen-bond donors (Lipinski definition) is 1. The molecule has 0 saturated heterocycles. The van der Waals surface area contributed by atoms with E-state index in [4.69, 9.17) is 10.5 Å². The molecule has 114 valence electrons. The molecular formula is C18H21N3O. The van der Waals surface area contributed by atoms with Gasteiger partial charge in [0.25, 0.3) is 0 Å². The minimum atomic E-state index is 0.586. The van der Waals surface area contributed by atoms with Gasteiger partial charge in [-0.2, -0.15) is 0 Å². The van der Waals surface area contributed by atoms with Crippen LogP contribution in [0, 0.1) is 20.8 Å². The van der Waals surface area contributed by atoms with Gasteiger partial charge in [0.1, 0.15) is 18.2 Å². The average Bonchev–Trinajstić information content (AvgIpc) is 2.75. The Morgan fingerprint density at radius 3 is 2.64 bits per heavy atom. The third-order valence-electron chi connectivity index (χ3n) is 4.00. The Morgan fingerprint density at radius 2 is 1.86 bits per heavy atom. The Balaban J connectivity index is 1.79. The van der Waals surface area contributed by atoms with Crippen molar-refractivity contribution in [2.24, 2.45) is 0 Å². The molecule has 0 aliphatic rings. The maximum Gasteiger partial charge on any atom is 0.121 e. The van der Waals surface area contributed by atoms with Crippen LogP contribution in [-0.4, -0.2) is 16.2 Å². The predicted molar refractivity (Wildman–Crippen MR) is 90.3 cm³/mol. The summed E-state index contributed by atoms with van der Waals surface area (Å²) in [4.78, 5) is 4.64. The number of nitrogen functional groups attached to an aromatic ring is 1. The molecular weight excluding hydrogens is 274 g/mol. The number of nitrogens with zero attached hydrogens (tertiary/aromatic N) is 2. The van der Waals surface area contributed by atoms with Gasteiger partial charge >= 0.3 is 0 Å². The molecule has 0 unspecified atom stereocenters. The summed E-state index contributed by atoms with van der Waals surface area (Å²) in [7, 11) is 0. The van der Waals surface area contributed by atoms with Gasteiger partial charge in [0.2, 0.25) is 0 Å². The van der Waals surface area contributed by atoms with Crippen molar-refractivity contribution < 1.29 is 4.74 Å². The second-order valence-electron chi connectivity index (χ2n) is 5.66. The Labute approximate surface area is 130 Å². The Bertz CT molecular complexity index is 821. The van der Waals surface area contributed by atoms with E-state index in [1.54, 1.807) is 0 Å². The first-order chi connectivity index (χ1) is 10.5. The van der Waals surface area contributed by atoms with Crippen LogP contribution in [0.4, 0.5) is 5.69 Å². The zero-order valence-electron chi connectivity index (χ0n) is 13.3. The van der Waals surface area contributed by atoms with Crippen LogP contribution >= 0.6 is 0 Å². The maximum absolute atomic E-state index is 5.79. The van der Waals surface area contributed by atoms with Crippen LogP contribution in [-0.2, 0) is 6.54 Å². The van der Waals surface area contributed by atoms with Crippen molar-refractivity contribution in [2.75, 3.05) is 12.3 Å². The standard InChI is InChI=1S/C18H21N3O/c1-12-9-17-18(10-13(12)2)21(14(3)20-17)7-8-22-16-6-4-5-15(19)11-16/h4-6,9-11H,7-8,19H2,1-3H3. The largest absolute Gasteiger partial charge is 0.492 e. The fraction of sp³-hybridized carbons (Fsp3) is 0.278. The molecule has 0 bridgehead atoms. The van der Waals surface area contributed by atoms with Gasteiger partial charge in [-0.25, -0.2) is 4.98 Å². The summed E-state index contributed by atoms with van der Waals surface area (Å²) in [5, 5.41) is 0. The first-order valence-corrected chi connectivity index (χ1v) is 7.47. The number of nitrogens with two attached hydrogens (primary N) is 1. The van der Waals surface area contributed by atoms with Crippen LogP contribution < -0.4 is 10.5 Å². The lowest BCUT2D eigenvalue weighted by atomic mass is 10.1. The van der Waals surface area contributed by atoms with Crippen LogP contribution in [0.3, 0.4) is 0 Å². The minimum absolute atomic E-state index is 0.586. The van der Waals surface area contributed by atoms with Crippen molar-refractivity contribution >= 4 is 16.7 Å². The van der Waals surface area contributed by atoms with Crippen molar-refractivity contribution in [3.05, 3.63) is 53.3 Å². The lowest BCUT2D eigenvalue weighted by Crippen LogP contribution is -2.09. The molecule has 0 amide bonds. The summed E-state index contributed by atoms with van der Waals surface area (Å²) in [6, 6.07) is 11.9. The molecule has 2 N–H and O–H groups in total. The SMILES string of the molecule is Cc1cc2nc(C)n(CCOc3cccc(N)c3)c2cc1C. The van der Waals surface area contributed by atoms with Crippen molar-refractivity contribution in [1.82, 2.24) is 9.55 Å². The van der Waals surface area contributed by atoms with E-state index in [1.807, 2.05) is 31.2 Å². The highest BCUT2D eigenvalue weighted by Gasteiger charge is 2.09. The third kappa shape index (κ3) is 2.77. The highest BCUT2D eigenvalue weighted by Crippen LogP contribution is 2.21. The number of aryl methyl sites for hydroxylation is 3. The van der Waals surface area contributed by atoms with E-state index in [-0.39, 0.29) is 0 Å². The minimum Gasteiger partial charge on any atom is -0.492 e. The van der Waals surface area contributed by atoms with E-state index in [1.165, 1.54) is 11.1 Å². The Hall–Kier alpha value is -2.49. The van der Waals surface area contributed by atoms with Crippen LogP contribution in [0.25, 0.3) is 11.0 Å². The summed E-state index contributed by atoms with van der Waals surface area (Å²) >= 11 is 0. The second-order valence-corrected chi connectivity index (χ2v) is 5.66. The molecule has 0 atom stereocenters. The molecule has 3 aromatic rings. The Kier molecular flexibility index (Phi) is 3.75. The Morgan fingerprint density at radius 1 is 1.09 bits per heavy atom. The number of benzene rings is 2. The maximum atomic E-state index is 5.79. The molecule has 2 aromatic carbocycles.